The average molecular weight is 305 g/mol. The van der Waals surface area contributed by atoms with Crippen molar-refractivity contribution < 1.29 is 14.0 Å². The highest BCUT2D eigenvalue weighted by atomic mass is 32.2. The Morgan fingerprint density at radius 3 is 3.24 bits per heavy atom. The molecular weight excluding hydrogens is 294 g/mol. The summed E-state index contributed by atoms with van der Waals surface area (Å²) >= 11 is 1.14. The maximum Gasteiger partial charge on any atom is 0.258 e. The van der Waals surface area contributed by atoms with Crippen molar-refractivity contribution in [3.63, 3.8) is 0 Å². The van der Waals surface area contributed by atoms with Crippen molar-refractivity contribution in [2.45, 2.75) is 12.7 Å². The number of fused-ring (bicyclic) bond motifs is 1. The van der Waals surface area contributed by atoms with Crippen LogP contribution in [0.3, 0.4) is 0 Å². The molecule has 2 amide bonds. The summed E-state index contributed by atoms with van der Waals surface area (Å²) in [5.74, 6) is 0.363. The van der Waals surface area contributed by atoms with Gasteiger partial charge < -0.3 is 15.1 Å². The number of furan rings is 1. The molecule has 0 fully saturated rings. The molecule has 1 unspecified atom stereocenters. The van der Waals surface area contributed by atoms with Gasteiger partial charge in [-0.3, -0.25) is 9.59 Å². The number of thioether (sulfide) groups is 1. The van der Waals surface area contributed by atoms with E-state index in [1.165, 1.54) is 6.20 Å². The Kier molecular flexibility index (Phi) is 3.82. The van der Waals surface area contributed by atoms with E-state index in [2.05, 4.69) is 25.9 Å². The van der Waals surface area contributed by atoms with Crippen LogP contribution in [0.4, 0.5) is 0 Å². The number of carbonyl (C=O) groups excluding carboxylic acids is 2. The van der Waals surface area contributed by atoms with E-state index < -0.39 is 6.17 Å². The molecule has 1 atom stereocenters. The number of nitrogens with zero attached hydrogens (tertiary/aromatic N) is 3. The van der Waals surface area contributed by atoms with Crippen molar-refractivity contribution in [3.05, 3.63) is 35.9 Å². The van der Waals surface area contributed by atoms with Crippen LogP contribution in [0.25, 0.3) is 0 Å². The molecule has 8 nitrogen and oxygen atoms in total. The van der Waals surface area contributed by atoms with Crippen molar-refractivity contribution in [2.75, 3.05) is 5.75 Å². The molecule has 3 rings (SSSR count). The summed E-state index contributed by atoms with van der Waals surface area (Å²) in [4.78, 5) is 27.6. The van der Waals surface area contributed by atoms with E-state index in [0.29, 0.717) is 23.0 Å². The number of aliphatic imine (C=N–C) groups is 1. The molecule has 0 saturated heterocycles. The van der Waals surface area contributed by atoms with E-state index in [0.717, 1.165) is 11.8 Å². The third kappa shape index (κ3) is 3.19. The summed E-state index contributed by atoms with van der Waals surface area (Å²) in [5, 5.41) is 13.2. The summed E-state index contributed by atoms with van der Waals surface area (Å²) in [6.45, 7) is 0.328. The van der Waals surface area contributed by atoms with Gasteiger partial charge in [-0.05, 0) is 12.1 Å². The Balaban J connectivity index is 1.49. The number of hydrogen-bond acceptors (Lipinski definition) is 7. The molecule has 2 aliphatic heterocycles. The van der Waals surface area contributed by atoms with E-state index in [1.54, 1.807) is 18.4 Å². The standard InChI is InChI=1S/C12H11N5O3S/c18-9(13-4-7-2-1-3-20-7)6-21-12-15-10-8(5-14-17-10)11(19)16-12/h1-3,5,10H,4,6H2,(H,13,18)(H,15,16,19). The monoisotopic (exact) mass is 305 g/mol. The first-order valence-corrected chi connectivity index (χ1v) is 7.12. The maximum absolute atomic E-state index is 11.7. The molecule has 1 aromatic rings. The van der Waals surface area contributed by atoms with E-state index in [4.69, 9.17) is 4.42 Å². The van der Waals surface area contributed by atoms with Crippen LogP contribution >= 0.6 is 11.8 Å². The minimum atomic E-state index is -0.576. The number of nitrogens with one attached hydrogen (secondary N) is 2. The zero-order chi connectivity index (χ0) is 14.7. The first-order valence-electron chi connectivity index (χ1n) is 6.13. The lowest BCUT2D eigenvalue weighted by Gasteiger charge is -2.16. The highest BCUT2D eigenvalue weighted by Crippen LogP contribution is 2.21. The van der Waals surface area contributed by atoms with Gasteiger partial charge in [0.1, 0.15) is 5.76 Å². The van der Waals surface area contributed by atoms with Crippen molar-refractivity contribution in [2.24, 2.45) is 15.2 Å². The Labute approximate surface area is 123 Å². The Morgan fingerprint density at radius 1 is 1.52 bits per heavy atom. The largest absolute Gasteiger partial charge is 0.467 e. The van der Waals surface area contributed by atoms with Gasteiger partial charge in [0.15, 0.2) is 11.3 Å². The van der Waals surface area contributed by atoms with Gasteiger partial charge in [-0.25, -0.2) is 4.99 Å². The lowest BCUT2D eigenvalue weighted by Crippen LogP contribution is -2.38. The Hall–Kier alpha value is -2.42. The predicted octanol–water partition coefficient (Wildman–Crippen LogP) is 0.791. The fourth-order valence-corrected chi connectivity index (χ4v) is 2.44. The average Bonchev–Trinajstić information content (AvgIpc) is 3.14. The van der Waals surface area contributed by atoms with E-state index in [9.17, 15) is 9.59 Å². The Bertz CT molecular complexity index is 650. The van der Waals surface area contributed by atoms with Crippen LogP contribution in [0.5, 0.6) is 0 Å². The molecule has 21 heavy (non-hydrogen) atoms. The van der Waals surface area contributed by atoms with Gasteiger partial charge in [-0.2, -0.15) is 10.2 Å². The molecule has 2 N–H and O–H groups in total. The number of amidine groups is 1. The smallest absolute Gasteiger partial charge is 0.258 e. The molecule has 0 spiro atoms. The molecule has 0 bridgehead atoms. The molecule has 0 aliphatic carbocycles. The predicted molar refractivity (Wildman–Crippen MR) is 75.3 cm³/mol. The molecule has 3 heterocycles. The van der Waals surface area contributed by atoms with Gasteiger partial charge in [-0.1, -0.05) is 11.8 Å². The highest BCUT2D eigenvalue weighted by Gasteiger charge is 2.29. The normalized spacial score (nSPS) is 19.6. The molecule has 9 heteroatoms. The second-order valence-corrected chi connectivity index (χ2v) is 5.19. The van der Waals surface area contributed by atoms with E-state index in [1.807, 2.05) is 0 Å². The van der Waals surface area contributed by atoms with Crippen LogP contribution in [-0.4, -0.2) is 28.9 Å². The van der Waals surface area contributed by atoms with Gasteiger partial charge in [-0.15, -0.1) is 0 Å². The first-order chi connectivity index (χ1) is 10.2. The second-order valence-electron chi connectivity index (χ2n) is 4.22. The van der Waals surface area contributed by atoms with Crippen molar-refractivity contribution in [1.82, 2.24) is 10.6 Å². The summed E-state index contributed by atoms with van der Waals surface area (Å²) in [6, 6.07) is 3.53. The number of azo groups is 1. The molecule has 0 saturated carbocycles. The topological polar surface area (TPSA) is 108 Å². The van der Waals surface area contributed by atoms with Crippen molar-refractivity contribution in [1.29, 1.82) is 0 Å². The summed E-state index contributed by atoms with van der Waals surface area (Å²) < 4.78 is 5.11. The van der Waals surface area contributed by atoms with Crippen molar-refractivity contribution >= 4 is 28.7 Å². The maximum atomic E-state index is 11.7. The summed E-state index contributed by atoms with van der Waals surface area (Å²) in [6.07, 6.45) is 2.36. The van der Waals surface area contributed by atoms with Gasteiger partial charge in [0.05, 0.1) is 30.3 Å². The fourth-order valence-electron chi connectivity index (χ4n) is 1.73. The number of hydrogen-bond donors (Lipinski definition) is 2. The number of carbonyl (C=O) groups is 2. The van der Waals surface area contributed by atoms with Gasteiger partial charge in [0.25, 0.3) is 5.91 Å². The third-order valence-corrected chi connectivity index (χ3v) is 3.64. The van der Waals surface area contributed by atoms with Crippen LogP contribution in [0, 0.1) is 0 Å². The molecule has 108 valence electrons. The molecule has 2 aliphatic rings. The lowest BCUT2D eigenvalue weighted by molar-refractivity contribution is -0.119. The highest BCUT2D eigenvalue weighted by molar-refractivity contribution is 8.14. The van der Waals surface area contributed by atoms with Crippen LogP contribution in [0.1, 0.15) is 5.76 Å². The molecule has 0 radical (unpaired) electrons. The number of rotatable bonds is 4. The van der Waals surface area contributed by atoms with Gasteiger partial charge in [0, 0.05) is 0 Å². The van der Waals surface area contributed by atoms with Crippen LogP contribution < -0.4 is 10.6 Å². The zero-order valence-electron chi connectivity index (χ0n) is 10.8. The van der Waals surface area contributed by atoms with Gasteiger partial charge >= 0.3 is 0 Å². The molecule has 1 aromatic heterocycles. The molecule has 0 aromatic carbocycles. The fraction of sp³-hybridized carbons (Fsp3) is 0.250. The van der Waals surface area contributed by atoms with Crippen molar-refractivity contribution in [3.8, 4) is 0 Å². The third-order valence-electron chi connectivity index (χ3n) is 2.75. The van der Waals surface area contributed by atoms with E-state index >= 15 is 0 Å². The van der Waals surface area contributed by atoms with Gasteiger partial charge in [0.2, 0.25) is 5.91 Å². The van der Waals surface area contributed by atoms with Crippen LogP contribution in [-0.2, 0) is 16.1 Å². The minimum Gasteiger partial charge on any atom is -0.467 e. The van der Waals surface area contributed by atoms with Crippen LogP contribution in [0.2, 0.25) is 0 Å². The molecular formula is C12H11N5O3S. The zero-order valence-corrected chi connectivity index (χ0v) is 11.6. The summed E-state index contributed by atoms with van der Waals surface area (Å²) in [5.41, 5.74) is 0.418. The summed E-state index contributed by atoms with van der Waals surface area (Å²) in [7, 11) is 0. The van der Waals surface area contributed by atoms with Crippen LogP contribution in [0.15, 0.2) is 49.8 Å². The Morgan fingerprint density at radius 2 is 2.43 bits per heavy atom. The first kappa shape index (κ1) is 13.6. The SMILES string of the molecule is O=C(CSC1=NC2N=NC=C2C(=O)N1)NCc1ccco1. The second kappa shape index (κ2) is 5.92. The van der Waals surface area contributed by atoms with E-state index in [-0.39, 0.29) is 17.6 Å². The number of amides is 2. The lowest BCUT2D eigenvalue weighted by atomic mass is 10.2. The minimum absolute atomic E-state index is 0.142. The quantitative estimate of drug-likeness (QED) is 0.857.